The van der Waals surface area contributed by atoms with Gasteiger partial charge in [0, 0.05) is 30.4 Å². The van der Waals surface area contributed by atoms with Crippen molar-refractivity contribution in [2.24, 2.45) is 11.7 Å². The van der Waals surface area contributed by atoms with Crippen LogP contribution in [0.4, 0.5) is 0 Å². The van der Waals surface area contributed by atoms with Gasteiger partial charge in [0.25, 0.3) is 0 Å². The minimum absolute atomic E-state index is 0.00268. The molecule has 0 spiro atoms. The number of ketones is 1. The zero-order valence-corrected chi connectivity index (χ0v) is 19.9. The van der Waals surface area contributed by atoms with E-state index < -0.39 is 0 Å². The average molecular weight is 458 g/mol. The van der Waals surface area contributed by atoms with Gasteiger partial charge in [-0.05, 0) is 50.4 Å². The highest BCUT2D eigenvalue weighted by molar-refractivity contribution is 6.34. The van der Waals surface area contributed by atoms with E-state index in [2.05, 4.69) is 18.8 Å². The lowest BCUT2D eigenvalue weighted by atomic mass is 9.95. The van der Waals surface area contributed by atoms with Gasteiger partial charge in [-0.25, -0.2) is 15.0 Å². The fraction of sp³-hybridized carbons (Fsp3) is 0.500. The van der Waals surface area contributed by atoms with Crippen LogP contribution in [0, 0.1) is 5.92 Å². The highest BCUT2D eigenvalue weighted by Crippen LogP contribution is 2.28. The molecule has 3 N–H and O–H groups in total. The molecule has 2 aromatic heterocycles. The summed E-state index contributed by atoms with van der Waals surface area (Å²) in [5.41, 5.74) is 9.24. The minimum atomic E-state index is -0.167. The smallest absolute Gasteiger partial charge is 0.164 e. The van der Waals surface area contributed by atoms with E-state index in [1.54, 1.807) is 12.4 Å². The molecule has 172 valence electrons. The van der Waals surface area contributed by atoms with E-state index in [0.717, 1.165) is 22.4 Å². The van der Waals surface area contributed by atoms with Crippen molar-refractivity contribution in [3.05, 3.63) is 52.2 Å². The van der Waals surface area contributed by atoms with Crippen molar-refractivity contribution in [3.63, 3.8) is 0 Å². The van der Waals surface area contributed by atoms with Crippen molar-refractivity contribution in [2.75, 3.05) is 13.2 Å². The van der Waals surface area contributed by atoms with Crippen LogP contribution in [0.5, 0.6) is 0 Å². The van der Waals surface area contributed by atoms with Gasteiger partial charge in [0.05, 0.1) is 23.7 Å². The van der Waals surface area contributed by atoms with Gasteiger partial charge in [-0.2, -0.15) is 0 Å². The summed E-state index contributed by atoms with van der Waals surface area (Å²) in [6.45, 7) is 8.71. The first-order chi connectivity index (χ1) is 15.3. The second kappa shape index (κ2) is 10.5. The number of aliphatic hydroxyl groups is 1. The van der Waals surface area contributed by atoms with Crippen molar-refractivity contribution in [3.8, 4) is 0 Å². The summed E-state index contributed by atoms with van der Waals surface area (Å²) in [7, 11) is 0. The summed E-state index contributed by atoms with van der Waals surface area (Å²) < 4.78 is 2.02. The number of aliphatic hydroxyl groups excluding tert-OH is 1. The molecule has 0 unspecified atom stereocenters. The van der Waals surface area contributed by atoms with E-state index in [0.29, 0.717) is 42.2 Å². The van der Waals surface area contributed by atoms with E-state index in [1.807, 2.05) is 30.5 Å². The van der Waals surface area contributed by atoms with Gasteiger partial charge in [-0.3, -0.25) is 4.79 Å². The highest BCUT2D eigenvalue weighted by atomic mass is 35.5. The van der Waals surface area contributed by atoms with Gasteiger partial charge in [-0.15, -0.1) is 0 Å². The van der Waals surface area contributed by atoms with Crippen LogP contribution < -0.4 is 5.73 Å². The second-order valence-corrected chi connectivity index (χ2v) is 9.19. The van der Waals surface area contributed by atoms with E-state index in [-0.39, 0.29) is 30.3 Å². The van der Waals surface area contributed by atoms with Crippen LogP contribution in [-0.2, 0) is 6.42 Å². The average Bonchev–Trinajstić information content (AvgIpc) is 3.17. The van der Waals surface area contributed by atoms with Gasteiger partial charge in [-0.1, -0.05) is 31.5 Å². The van der Waals surface area contributed by atoms with E-state index >= 15 is 0 Å². The SMILES string of the molecule is CC(C)[C@H](CO)c1nc(Cc2ccc(C(=O)CCCN)c(Cl)c2)c2ncn(C(C)C)c2n1. The molecule has 0 radical (unpaired) electrons. The molecule has 1 atom stereocenters. The zero-order valence-electron chi connectivity index (χ0n) is 19.2. The van der Waals surface area contributed by atoms with Crippen molar-refractivity contribution in [1.82, 2.24) is 19.5 Å². The first-order valence-corrected chi connectivity index (χ1v) is 11.5. The molecule has 7 nitrogen and oxygen atoms in total. The Kier molecular flexibility index (Phi) is 7.98. The van der Waals surface area contributed by atoms with E-state index in [4.69, 9.17) is 27.3 Å². The molecule has 32 heavy (non-hydrogen) atoms. The van der Waals surface area contributed by atoms with Crippen LogP contribution >= 0.6 is 11.6 Å². The van der Waals surface area contributed by atoms with Crippen LogP contribution in [0.3, 0.4) is 0 Å². The Morgan fingerprint density at radius 1 is 1.22 bits per heavy atom. The maximum Gasteiger partial charge on any atom is 0.164 e. The first-order valence-electron chi connectivity index (χ1n) is 11.1. The third-order valence-corrected chi connectivity index (χ3v) is 6.03. The van der Waals surface area contributed by atoms with E-state index in [9.17, 15) is 9.90 Å². The summed E-state index contributed by atoms with van der Waals surface area (Å²) in [5, 5.41) is 10.4. The Balaban J connectivity index is 2.02. The molecule has 0 saturated carbocycles. The van der Waals surface area contributed by atoms with Crippen molar-refractivity contribution in [2.45, 2.75) is 58.9 Å². The van der Waals surface area contributed by atoms with Crippen LogP contribution in [0.2, 0.25) is 5.02 Å². The molecule has 0 saturated heterocycles. The Labute approximate surface area is 194 Å². The van der Waals surface area contributed by atoms with Crippen molar-refractivity contribution < 1.29 is 9.90 Å². The topological polar surface area (TPSA) is 107 Å². The number of carbonyl (C=O) groups is 1. The summed E-state index contributed by atoms with van der Waals surface area (Å²) in [4.78, 5) is 26.5. The molecule has 0 aliphatic heterocycles. The fourth-order valence-corrected chi connectivity index (χ4v) is 4.05. The third kappa shape index (κ3) is 5.17. The number of benzene rings is 1. The number of Topliss-reactive ketones (excluding diaryl/α,β-unsaturated/α-hetero) is 1. The first kappa shape index (κ1) is 24.3. The molecule has 3 rings (SSSR count). The Hall–Kier alpha value is -2.35. The monoisotopic (exact) mass is 457 g/mol. The second-order valence-electron chi connectivity index (χ2n) is 8.79. The fourth-order valence-electron chi connectivity index (χ4n) is 3.74. The van der Waals surface area contributed by atoms with Gasteiger partial charge >= 0.3 is 0 Å². The maximum absolute atomic E-state index is 12.4. The highest BCUT2D eigenvalue weighted by Gasteiger charge is 2.23. The molecule has 1 aromatic carbocycles. The largest absolute Gasteiger partial charge is 0.396 e. The maximum atomic E-state index is 12.4. The lowest BCUT2D eigenvalue weighted by Gasteiger charge is -2.18. The number of nitrogens with zero attached hydrogens (tertiary/aromatic N) is 4. The molecular formula is C24H32ClN5O2. The molecule has 2 heterocycles. The van der Waals surface area contributed by atoms with Crippen LogP contribution in [-0.4, -0.2) is 43.6 Å². The standard InChI is InChI=1S/C24H32ClN5O2/c1-14(2)18(12-31)23-28-20(22-24(29-23)30(13-27-22)15(3)4)11-16-7-8-17(19(25)10-16)21(32)6-5-9-26/h7-8,10,13-15,18,31H,5-6,9,11-12,26H2,1-4H3/t18-/m0/s1. The van der Waals surface area contributed by atoms with Gasteiger partial charge in [0.1, 0.15) is 11.3 Å². The van der Waals surface area contributed by atoms with E-state index in [1.165, 1.54) is 0 Å². The summed E-state index contributed by atoms with van der Waals surface area (Å²) in [6, 6.07) is 5.68. The summed E-state index contributed by atoms with van der Waals surface area (Å²) >= 11 is 6.44. The number of halogens is 1. The molecule has 0 amide bonds. The molecule has 0 bridgehead atoms. The Bertz CT molecular complexity index is 1090. The lowest BCUT2D eigenvalue weighted by molar-refractivity contribution is 0.0981. The number of rotatable bonds is 10. The normalized spacial score (nSPS) is 12.8. The van der Waals surface area contributed by atoms with Crippen LogP contribution in [0.1, 0.15) is 79.9 Å². The zero-order chi connectivity index (χ0) is 23.4. The van der Waals surface area contributed by atoms with Crippen molar-refractivity contribution in [1.29, 1.82) is 0 Å². The quantitative estimate of drug-likeness (QED) is 0.439. The number of fused-ring (bicyclic) bond motifs is 1. The third-order valence-electron chi connectivity index (χ3n) is 5.71. The summed E-state index contributed by atoms with van der Waals surface area (Å²) in [5.74, 6) is 0.637. The molecular weight excluding hydrogens is 426 g/mol. The number of hydrogen-bond donors (Lipinski definition) is 2. The van der Waals surface area contributed by atoms with Crippen LogP contribution in [0.15, 0.2) is 24.5 Å². The molecule has 0 fully saturated rings. The van der Waals surface area contributed by atoms with Gasteiger partial charge in [0.2, 0.25) is 0 Å². The predicted octanol–water partition coefficient (Wildman–Crippen LogP) is 4.30. The van der Waals surface area contributed by atoms with Crippen molar-refractivity contribution >= 4 is 28.5 Å². The lowest BCUT2D eigenvalue weighted by Crippen LogP contribution is -2.17. The molecule has 8 heteroatoms. The number of nitrogens with two attached hydrogens (primary N) is 1. The van der Waals surface area contributed by atoms with Crippen LogP contribution in [0.25, 0.3) is 11.2 Å². The number of carbonyl (C=O) groups excluding carboxylic acids is 1. The molecule has 3 aromatic rings. The Morgan fingerprint density at radius 3 is 2.56 bits per heavy atom. The van der Waals surface area contributed by atoms with Gasteiger partial charge < -0.3 is 15.4 Å². The number of aromatic nitrogens is 4. The Morgan fingerprint density at radius 2 is 1.97 bits per heavy atom. The number of imidazole rings is 1. The number of hydrogen-bond acceptors (Lipinski definition) is 6. The predicted molar refractivity (Wildman–Crippen MR) is 127 cm³/mol. The molecule has 0 aliphatic rings. The molecule has 0 aliphatic carbocycles. The van der Waals surface area contributed by atoms with Gasteiger partial charge in [0.15, 0.2) is 11.4 Å². The minimum Gasteiger partial charge on any atom is -0.396 e. The summed E-state index contributed by atoms with van der Waals surface area (Å²) in [6.07, 6.45) is 3.30.